The lowest BCUT2D eigenvalue weighted by molar-refractivity contribution is -0.125. The second-order valence-corrected chi connectivity index (χ2v) is 6.52. The van der Waals surface area contributed by atoms with Crippen molar-refractivity contribution in [2.45, 2.75) is 29.9 Å². The third-order valence-electron chi connectivity index (χ3n) is 3.35. The first-order valence-corrected chi connectivity index (χ1v) is 7.84. The number of carbonyl (C=O) groups is 1. The van der Waals surface area contributed by atoms with Crippen molar-refractivity contribution < 1.29 is 4.79 Å². The number of thioether (sulfide) groups is 1. The van der Waals surface area contributed by atoms with Crippen LogP contribution in [0.4, 0.5) is 0 Å². The van der Waals surface area contributed by atoms with Crippen molar-refractivity contribution in [2.75, 3.05) is 19.6 Å². The molecule has 1 atom stereocenters. The average molecular weight is 315 g/mol. The van der Waals surface area contributed by atoms with E-state index in [9.17, 15) is 4.79 Å². The minimum absolute atomic E-state index is 0. The second-order valence-electron chi connectivity index (χ2n) is 5.01. The van der Waals surface area contributed by atoms with Crippen molar-refractivity contribution in [3.05, 3.63) is 30.3 Å². The maximum absolute atomic E-state index is 12.0. The number of hydrogen-bond acceptors (Lipinski definition) is 3. The summed E-state index contributed by atoms with van der Waals surface area (Å²) in [5.41, 5.74) is 0. The predicted molar refractivity (Wildman–Crippen MR) is 87.6 cm³/mol. The molecule has 0 aliphatic carbocycles. The van der Waals surface area contributed by atoms with E-state index in [0.29, 0.717) is 5.25 Å². The molecule has 112 valence electrons. The molecule has 1 heterocycles. The zero-order valence-electron chi connectivity index (χ0n) is 11.8. The third kappa shape index (κ3) is 5.73. The first-order chi connectivity index (χ1) is 9.25. The fourth-order valence-electron chi connectivity index (χ4n) is 2.25. The van der Waals surface area contributed by atoms with Crippen LogP contribution in [-0.4, -0.2) is 30.8 Å². The van der Waals surface area contributed by atoms with E-state index in [1.54, 1.807) is 11.8 Å². The fraction of sp³-hybridized carbons (Fsp3) is 0.533. The maximum atomic E-state index is 12.0. The lowest BCUT2D eigenvalue weighted by atomic mass is 9.97. The number of hydrogen-bond donors (Lipinski definition) is 2. The molecule has 1 aromatic rings. The van der Waals surface area contributed by atoms with Gasteiger partial charge in [-0.25, -0.2) is 0 Å². The van der Waals surface area contributed by atoms with Crippen molar-refractivity contribution in [2.24, 2.45) is 5.92 Å². The highest BCUT2D eigenvalue weighted by Crippen LogP contribution is 2.22. The molecular weight excluding hydrogens is 292 g/mol. The molecule has 3 nitrogen and oxygen atoms in total. The van der Waals surface area contributed by atoms with Crippen LogP contribution in [-0.2, 0) is 4.79 Å². The molecule has 0 saturated carbocycles. The Morgan fingerprint density at radius 1 is 1.35 bits per heavy atom. The first kappa shape index (κ1) is 17.3. The summed E-state index contributed by atoms with van der Waals surface area (Å²) < 4.78 is 0. The summed E-state index contributed by atoms with van der Waals surface area (Å²) in [7, 11) is 0. The molecule has 1 aliphatic heterocycles. The quantitative estimate of drug-likeness (QED) is 0.821. The van der Waals surface area contributed by atoms with Crippen molar-refractivity contribution in [1.82, 2.24) is 10.6 Å². The van der Waals surface area contributed by atoms with Gasteiger partial charge in [-0.05, 0) is 38.1 Å². The lowest BCUT2D eigenvalue weighted by Gasteiger charge is -2.22. The molecule has 2 rings (SSSR count). The maximum Gasteiger partial charge on any atom is 0.223 e. The molecule has 0 aromatic heterocycles. The third-order valence-corrected chi connectivity index (χ3v) is 4.47. The summed E-state index contributed by atoms with van der Waals surface area (Å²) in [5, 5.41) is 6.76. The molecule has 1 aromatic carbocycles. The topological polar surface area (TPSA) is 41.1 Å². The smallest absolute Gasteiger partial charge is 0.223 e. The van der Waals surface area contributed by atoms with E-state index in [1.807, 2.05) is 18.2 Å². The van der Waals surface area contributed by atoms with Gasteiger partial charge < -0.3 is 10.6 Å². The van der Waals surface area contributed by atoms with Crippen molar-refractivity contribution in [3.63, 3.8) is 0 Å². The van der Waals surface area contributed by atoms with E-state index < -0.39 is 0 Å². The molecule has 20 heavy (non-hydrogen) atoms. The minimum Gasteiger partial charge on any atom is -0.355 e. The van der Waals surface area contributed by atoms with Crippen molar-refractivity contribution >= 4 is 30.1 Å². The van der Waals surface area contributed by atoms with Crippen molar-refractivity contribution in [3.8, 4) is 0 Å². The van der Waals surface area contributed by atoms with Gasteiger partial charge in [0, 0.05) is 22.6 Å². The molecule has 0 bridgehead atoms. The lowest BCUT2D eigenvalue weighted by Crippen LogP contribution is -2.40. The number of piperidine rings is 1. The van der Waals surface area contributed by atoms with Gasteiger partial charge in [-0.15, -0.1) is 24.2 Å². The van der Waals surface area contributed by atoms with Crippen LogP contribution < -0.4 is 10.6 Å². The molecule has 0 radical (unpaired) electrons. The van der Waals surface area contributed by atoms with Gasteiger partial charge in [0.15, 0.2) is 0 Å². The summed E-state index contributed by atoms with van der Waals surface area (Å²) in [6, 6.07) is 10.3. The summed E-state index contributed by atoms with van der Waals surface area (Å²) in [6.07, 6.45) is 1.93. The number of amides is 1. The van der Waals surface area contributed by atoms with Crippen LogP contribution in [0.2, 0.25) is 0 Å². The van der Waals surface area contributed by atoms with Gasteiger partial charge in [0.1, 0.15) is 0 Å². The number of carbonyl (C=O) groups excluding carboxylic acids is 1. The highest BCUT2D eigenvalue weighted by atomic mass is 35.5. The summed E-state index contributed by atoms with van der Waals surface area (Å²) in [4.78, 5) is 13.3. The van der Waals surface area contributed by atoms with Gasteiger partial charge in [0.05, 0.1) is 0 Å². The summed E-state index contributed by atoms with van der Waals surface area (Å²) >= 11 is 1.81. The standard InChI is InChI=1S/C15H22N2OS.ClH/c1-12(19-14-5-3-2-4-6-14)11-17-15(18)13-7-9-16-10-8-13;/h2-6,12-13,16H,7-11H2,1H3,(H,17,18);1H. The van der Waals surface area contributed by atoms with Crippen LogP contribution in [0.3, 0.4) is 0 Å². The van der Waals surface area contributed by atoms with E-state index in [-0.39, 0.29) is 24.2 Å². The van der Waals surface area contributed by atoms with Crippen LogP contribution in [0.1, 0.15) is 19.8 Å². The summed E-state index contributed by atoms with van der Waals surface area (Å²) in [6.45, 7) is 4.82. The van der Waals surface area contributed by atoms with Gasteiger partial charge in [-0.2, -0.15) is 0 Å². The minimum atomic E-state index is 0. The normalized spacial score (nSPS) is 17.1. The van der Waals surface area contributed by atoms with Gasteiger partial charge in [0.2, 0.25) is 5.91 Å². The Labute approximate surface area is 131 Å². The first-order valence-electron chi connectivity index (χ1n) is 6.96. The van der Waals surface area contributed by atoms with Gasteiger partial charge in [-0.3, -0.25) is 4.79 Å². The average Bonchev–Trinajstić information content (AvgIpc) is 2.47. The highest BCUT2D eigenvalue weighted by Gasteiger charge is 2.20. The molecule has 1 unspecified atom stereocenters. The Kier molecular flexibility index (Phi) is 8.04. The van der Waals surface area contributed by atoms with Crippen LogP contribution in [0.25, 0.3) is 0 Å². The number of rotatable bonds is 5. The Balaban J connectivity index is 0.00000200. The zero-order chi connectivity index (χ0) is 13.5. The number of benzene rings is 1. The van der Waals surface area contributed by atoms with Crippen LogP contribution in [0.15, 0.2) is 35.2 Å². The Bertz CT molecular complexity index is 396. The van der Waals surface area contributed by atoms with Gasteiger partial charge in [-0.1, -0.05) is 25.1 Å². The molecule has 1 saturated heterocycles. The van der Waals surface area contributed by atoms with Gasteiger partial charge in [0.25, 0.3) is 0 Å². The van der Waals surface area contributed by atoms with E-state index in [4.69, 9.17) is 0 Å². The zero-order valence-corrected chi connectivity index (χ0v) is 13.4. The monoisotopic (exact) mass is 314 g/mol. The Hall–Kier alpha value is -0.710. The van der Waals surface area contributed by atoms with E-state index in [1.165, 1.54) is 4.90 Å². The molecule has 1 fully saturated rings. The van der Waals surface area contributed by atoms with Crippen LogP contribution in [0, 0.1) is 5.92 Å². The molecule has 1 aliphatic rings. The second kappa shape index (κ2) is 9.27. The molecule has 1 amide bonds. The number of nitrogens with one attached hydrogen (secondary N) is 2. The van der Waals surface area contributed by atoms with E-state index >= 15 is 0 Å². The molecule has 0 spiro atoms. The molecular formula is C15H23ClN2OS. The number of halogens is 1. The molecule has 2 N–H and O–H groups in total. The fourth-order valence-corrected chi connectivity index (χ4v) is 3.19. The largest absolute Gasteiger partial charge is 0.355 e. The SMILES string of the molecule is CC(CNC(=O)C1CCNCC1)Sc1ccccc1.Cl. The van der Waals surface area contributed by atoms with Gasteiger partial charge >= 0.3 is 0 Å². The Morgan fingerprint density at radius 2 is 2.00 bits per heavy atom. The van der Waals surface area contributed by atoms with Crippen LogP contribution >= 0.6 is 24.2 Å². The highest BCUT2D eigenvalue weighted by molar-refractivity contribution is 8.00. The Morgan fingerprint density at radius 3 is 2.65 bits per heavy atom. The summed E-state index contributed by atoms with van der Waals surface area (Å²) in [5.74, 6) is 0.428. The van der Waals surface area contributed by atoms with Crippen molar-refractivity contribution in [1.29, 1.82) is 0 Å². The van der Waals surface area contributed by atoms with Crippen LogP contribution in [0.5, 0.6) is 0 Å². The van der Waals surface area contributed by atoms with E-state index in [0.717, 1.165) is 32.5 Å². The predicted octanol–water partition coefficient (Wildman–Crippen LogP) is 2.70. The molecule has 5 heteroatoms. The van der Waals surface area contributed by atoms with E-state index in [2.05, 4.69) is 29.7 Å².